The van der Waals surface area contributed by atoms with Gasteiger partial charge in [0.2, 0.25) is 0 Å². The largest absolute Gasteiger partial charge is 0.269 e. The summed E-state index contributed by atoms with van der Waals surface area (Å²) in [4.78, 5) is 26.3. The maximum absolute atomic E-state index is 12.5. The van der Waals surface area contributed by atoms with Crippen molar-refractivity contribution < 1.29 is 9.59 Å². The normalized spacial score (nSPS) is 19.2. The van der Waals surface area contributed by atoms with Crippen LogP contribution in [0.5, 0.6) is 0 Å². The van der Waals surface area contributed by atoms with Gasteiger partial charge in [-0.3, -0.25) is 9.59 Å². The molecule has 19 heavy (non-hydrogen) atoms. The summed E-state index contributed by atoms with van der Waals surface area (Å²) < 4.78 is 0. The number of carbonyl (C=O) groups is 2. The number of amides is 2. The number of rotatable bonds is 1. The van der Waals surface area contributed by atoms with E-state index in [1.807, 2.05) is 32.0 Å². The Morgan fingerprint density at radius 3 is 2.11 bits per heavy atom. The lowest BCUT2D eigenvalue weighted by Crippen LogP contribution is -2.32. The van der Waals surface area contributed by atoms with Crippen LogP contribution in [0.3, 0.4) is 0 Å². The first-order chi connectivity index (χ1) is 9.11. The smallest absolute Gasteiger partial charge is 0.261 e. The van der Waals surface area contributed by atoms with Gasteiger partial charge in [0.25, 0.3) is 11.8 Å². The summed E-state index contributed by atoms with van der Waals surface area (Å²) in [5.74, 6) is -0.207. The van der Waals surface area contributed by atoms with Gasteiger partial charge in [-0.25, -0.2) is 4.90 Å². The monoisotopic (exact) mass is 255 g/mol. The highest BCUT2D eigenvalue weighted by atomic mass is 16.2. The van der Waals surface area contributed by atoms with Gasteiger partial charge < -0.3 is 0 Å². The average Bonchev–Trinajstić information content (AvgIpc) is 2.67. The van der Waals surface area contributed by atoms with Crippen molar-refractivity contribution in [3.63, 3.8) is 0 Å². The second-order valence-corrected chi connectivity index (χ2v) is 5.33. The van der Waals surface area contributed by atoms with E-state index in [4.69, 9.17) is 0 Å². The van der Waals surface area contributed by atoms with Crippen molar-refractivity contribution in [3.05, 3.63) is 40.5 Å². The number of anilines is 1. The lowest BCUT2D eigenvalue weighted by molar-refractivity contribution is -0.120. The van der Waals surface area contributed by atoms with Crippen LogP contribution < -0.4 is 4.90 Å². The van der Waals surface area contributed by atoms with E-state index in [1.54, 1.807) is 0 Å². The van der Waals surface area contributed by atoms with Crippen molar-refractivity contribution in [2.24, 2.45) is 0 Å². The summed E-state index contributed by atoms with van der Waals surface area (Å²) in [6.07, 6.45) is 3.53. The molecule has 1 aromatic carbocycles. The Kier molecular flexibility index (Phi) is 2.77. The SMILES string of the molecule is Cc1cccc(N2C(=O)C3=C(CCCC3)C2=O)c1C. The van der Waals surface area contributed by atoms with Crippen LogP contribution in [0.25, 0.3) is 0 Å². The minimum Gasteiger partial charge on any atom is -0.269 e. The maximum atomic E-state index is 12.5. The molecule has 1 aromatic rings. The third-order valence-electron chi connectivity index (χ3n) is 4.21. The van der Waals surface area contributed by atoms with Crippen LogP contribution in [-0.4, -0.2) is 11.8 Å². The van der Waals surface area contributed by atoms with Gasteiger partial charge in [0.05, 0.1) is 5.69 Å². The first kappa shape index (κ1) is 12.2. The predicted octanol–water partition coefficient (Wildman–Crippen LogP) is 3.05. The number of imide groups is 1. The molecule has 2 aliphatic rings. The van der Waals surface area contributed by atoms with Crippen molar-refractivity contribution >= 4 is 17.5 Å². The molecule has 1 aliphatic heterocycles. The van der Waals surface area contributed by atoms with Crippen molar-refractivity contribution in [1.29, 1.82) is 0 Å². The van der Waals surface area contributed by atoms with Crippen molar-refractivity contribution in [1.82, 2.24) is 0 Å². The minimum absolute atomic E-state index is 0.103. The van der Waals surface area contributed by atoms with Gasteiger partial charge in [0.15, 0.2) is 0 Å². The highest BCUT2D eigenvalue weighted by molar-refractivity contribution is 6.33. The number of hydrogen-bond donors (Lipinski definition) is 0. The molecule has 0 atom stereocenters. The molecule has 0 saturated carbocycles. The molecule has 0 spiro atoms. The third-order valence-corrected chi connectivity index (χ3v) is 4.21. The zero-order valence-electron chi connectivity index (χ0n) is 11.3. The highest BCUT2D eigenvalue weighted by Gasteiger charge is 2.40. The molecule has 0 radical (unpaired) electrons. The predicted molar refractivity (Wildman–Crippen MR) is 73.9 cm³/mol. The lowest BCUT2D eigenvalue weighted by atomic mass is 9.93. The molecule has 1 aliphatic carbocycles. The van der Waals surface area contributed by atoms with Gasteiger partial charge in [-0.15, -0.1) is 0 Å². The second kappa shape index (κ2) is 4.34. The minimum atomic E-state index is -0.103. The summed E-state index contributed by atoms with van der Waals surface area (Å²) in [5.41, 5.74) is 4.34. The highest BCUT2D eigenvalue weighted by Crippen LogP contribution is 2.36. The van der Waals surface area contributed by atoms with Gasteiger partial charge in [-0.2, -0.15) is 0 Å². The fraction of sp³-hybridized carbons (Fsp3) is 0.375. The summed E-state index contributed by atoms with van der Waals surface area (Å²) in [5, 5.41) is 0. The molecule has 0 saturated heterocycles. The van der Waals surface area contributed by atoms with E-state index >= 15 is 0 Å². The first-order valence-electron chi connectivity index (χ1n) is 6.78. The molecule has 1 heterocycles. The van der Waals surface area contributed by atoms with E-state index in [1.165, 1.54) is 4.90 Å². The molecule has 0 unspecified atom stereocenters. The Morgan fingerprint density at radius 2 is 1.53 bits per heavy atom. The number of carbonyl (C=O) groups excluding carboxylic acids is 2. The fourth-order valence-corrected chi connectivity index (χ4v) is 2.94. The number of hydrogen-bond acceptors (Lipinski definition) is 2. The first-order valence-corrected chi connectivity index (χ1v) is 6.78. The number of benzene rings is 1. The molecule has 3 rings (SSSR count). The standard InChI is InChI=1S/C16H17NO2/c1-10-6-5-9-14(11(10)2)17-15(18)12-7-3-4-8-13(12)16(17)19/h5-6,9H,3-4,7-8H2,1-2H3. The summed E-state index contributed by atoms with van der Waals surface area (Å²) in [7, 11) is 0. The van der Waals surface area contributed by atoms with Crippen LogP contribution >= 0.6 is 0 Å². The fourth-order valence-electron chi connectivity index (χ4n) is 2.94. The van der Waals surface area contributed by atoms with Gasteiger partial charge in [0, 0.05) is 11.1 Å². The van der Waals surface area contributed by atoms with E-state index in [0.29, 0.717) is 0 Å². The molecular weight excluding hydrogens is 238 g/mol. The quantitative estimate of drug-likeness (QED) is 0.723. The summed E-state index contributed by atoms with van der Waals surface area (Å²) in [6, 6.07) is 5.75. The Hall–Kier alpha value is -1.90. The molecule has 98 valence electrons. The zero-order valence-corrected chi connectivity index (χ0v) is 11.3. The molecule has 2 amide bonds. The Bertz CT molecular complexity index is 585. The number of aryl methyl sites for hydroxylation is 1. The molecule has 0 N–H and O–H groups in total. The van der Waals surface area contributed by atoms with Crippen LogP contribution in [-0.2, 0) is 9.59 Å². The van der Waals surface area contributed by atoms with Crippen LogP contribution in [0.2, 0.25) is 0 Å². The van der Waals surface area contributed by atoms with Gasteiger partial charge >= 0.3 is 0 Å². The second-order valence-electron chi connectivity index (χ2n) is 5.33. The maximum Gasteiger partial charge on any atom is 0.261 e. The Labute approximate surface area is 112 Å². The average molecular weight is 255 g/mol. The van der Waals surface area contributed by atoms with Crippen LogP contribution in [0, 0.1) is 13.8 Å². The number of nitrogens with zero attached hydrogens (tertiary/aromatic N) is 1. The van der Waals surface area contributed by atoms with E-state index in [9.17, 15) is 9.59 Å². The van der Waals surface area contributed by atoms with Crippen LogP contribution in [0.1, 0.15) is 36.8 Å². The molecule has 0 aromatic heterocycles. The lowest BCUT2D eigenvalue weighted by Gasteiger charge is -2.18. The van der Waals surface area contributed by atoms with Gasteiger partial charge in [0.1, 0.15) is 0 Å². The molecule has 3 nitrogen and oxygen atoms in total. The topological polar surface area (TPSA) is 37.4 Å². The zero-order chi connectivity index (χ0) is 13.6. The third kappa shape index (κ3) is 1.72. The Balaban J connectivity index is 2.07. The van der Waals surface area contributed by atoms with Gasteiger partial charge in [-0.1, -0.05) is 12.1 Å². The molecule has 0 fully saturated rings. The summed E-state index contributed by atoms with van der Waals surface area (Å²) >= 11 is 0. The van der Waals surface area contributed by atoms with Gasteiger partial charge in [-0.05, 0) is 56.7 Å². The summed E-state index contributed by atoms with van der Waals surface area (Å²) in [6.45, 7) is 3.96. The van der Waals surface area contributed by atoms with E-state index < -0.39 is 0 Å². The molecule has 3 heteroatoms. The van der Waals surface area contributed by atoms with Crippen molar-refractivity contribution in [3.8, 4) is 0 Å². The van der Waals surface area contributed by atoms with Crippen molar-refractivity contribution in [2.75, 3.05) is 4.90 Å². The Morgan fingerprint density at radius 1 is 0.947 bits per heavy atom. The van der Waals surface area contributed by atoms with E-state index in [-0.39, 0.29) is 11.8 Å². The van der Waals surface area contributed by atoms with Crippen molar-refractivity contribution in [2.45, 2.75) is 39.5 Å². The van der Waals surface area contributed by atoms with Crippen LogP contribution in [0.15, 0.2) is 29.3 Å². The van der Waals surface area contributed by atoms with E-state index in [0.717, 1.165) is 53.6 Å². The molecular formula is C16H17NO2. The van der Waals surface area contributed by atoms with Crippen LogP contribution in [0.4, 0.5) is 5.69 Å². The molecule has 0 bridgehead atoms. The van der Waals surface area contributed by atoms with E-state index in [2.05, 4.69) is 0 Å².